The average Bonchev–Trinajstić information content (AvgIpc) is 2.84. The topological polar surface area (TPSA) is 36.0 Å². The summed E-state index contributed by atoms with van der Waals surface area (Å²) in [5, 5.41) is 0. The fourth-order valence-electron chi connectivity index (χ4n) is 5.07. The predicted molar refractivity (Wildman–Crippen MR) is 127 cm³/mol. The van der Waals surface area contributed by atoms with Gasteiger partial charge in [0.15, 0.2) is 0 Å². The summed E-state index contributed by atoms with van der Waals surface area (Å²) < 4.78 is 9.03. The summed E-state index contributed by atoms with van der Waals surface area (Å²) in [7, 11) is 0. The normalized spacial score (nSPS) is 20.9. The molecule has 3 aliphatic rings. The van der Waals surface area contributed by atoms with Crippen LogP contribution < -0.4 is 9.64 Å². The first-order chi connectivity index (χ1) is 15.2. The molecule has 5 nitrogen and oxygen atoms in total. The third-order valence-corrected chi connectivity index (χ3v) is 7.95. The van der Waals surface area contributed by atoms with Crippen LogP contribution in [0.1, 0.15) is 35.2 Å². The fourth-order valence-corrected chi connectivity index (χ4v) is 5.59. The number of benzene rings is 2. The smallest absolute Gasteiger partial charge is 0.253 e. The molecule has 0 radical (unpaired) electrons. The van der Waals surface area contributed by atoms with Gasteiger partial charge in [0.25, 0.3) is 5.91 Å². The van der Waals surface area contributed by atoms with Gasteiger partial charge in [-0.15, -0.1) is 0 Å². The van der Waals surface area contributed by atoms with Crippen molar-refractivity contribution in [3.63, 3.8) is 0 Å². The second kappa shape index (κ2) is 8.75. The van der Waals surface area contributed by atoms with Gasteiger partial charge in [-0.05, 0) is 55.0 Å². The Hall–Kier alpha value is -2.18. The molecular weight excluding hydrogens is 406 g/mol. The van der Waals surface area contributed by atoms with E-state index in [4.69, 9.17) is 4.74 Å². The highest BCUT2D eigenvalue weighted by atomic mass is 32.2. The van der Waals surface area contributed by atoms with Crippen LogP contribution in [0.5, 0.6) is 5.75 Å². The predicted octanol–water partition coefficient (Wildman–Crippen LogP) is 4.09. The molecule has 0 aromatic heterocycles. The summed E-state index contributed by atoms with van der Waals surface area (Å²) in [5.74, 6) is 1.18. The lowest BCUT2D eigenvalue weighted by Crippen LogP contribution is -2.51. The Morgan fingerprint density at radius 3 is 2.39 bits per heavy atom. The number of likely N-dealkylation sites (tertiary alicyclic amines) is 1. The molecule has 2 aromatic rings. The summed E-state index contributed by atoms with van der Waals surface area (Å²) in [6.07, 6.45) is 6.06. The van der Waals surface area contributed by atoms with Gasteiger partial charge in [0, 0.05) is 63.4 Å². The minimum Gasteiger partial charge on any atom is -0.487 e. The van der Waals surface area contributed by atoms with Crippen LogP contribution in [0, 0.1) is 0 Å². The van der Waals surface area contributed by atoms with Gasteiger partial charge in [-0.1, -0.05) is 30.1 Å². The number of anilines is 1. The number of rotatable bonds is 3. The van der Waals surface area contributed by atoms with E-state index in [-0.39, 0.29) is 11.5 Å². The summed E-state index contributed by atoms with van der Waals surface area (Å²) in [5.41, 5.74) is 3.31. The zero-order valence-electron chi connectivity index (χ0n) is 18.3. The van der Waals surface area contributed by atoms with Crippen LogP contribution in [0.2, 0.25) is 0 Å². The summed E-state index contributed by atoms with van der Waals surface area (Å²) >= 11 is 1.84. The minimum absolute atomic E-state index is 0.119. The van der Waals surface area contributed by atoms with Crippen LogP contribution in [0.4, 0.5) is 5.69 Å². The van der Waals surface area contributed by atoms with E-state index in [0.717, 1.165) is 76.3 Å². The maximum Gasteiger partial charge on any atom is 0.253 e. The van der Waals surface area contributed by atoms with Gasteiger partial charge in [0.05, 0.1) is 0 Å². The lowest BCUT2D eigenvalue weighted by Gasteiger charge is -2.45. The SMILES string of the molecule is CSN1CCN(c2ccc3c(c2)CCC2(CCN(C(=O)c4ccccc4)CC2)O3)CC1. The average molecular weight is 438 g/mol. The zero-order chi connectivity index (χ0) is 21.3. The number of hydrogen-bond acceptors (Lipinski definition) is 5. The first kappa shape index (κ1) is 20.7. The Morgan fingerprint density at radius 1 is 0.935 bits per heavy atom. The maximum absolute atomic E-state index is 12.8. The van der Waals surface area contributed by atoms with Crippen LogP contribution in [-0.2, 0) is 6.42 Å². The molecular formula is C25H31N3O2S. The van der Waals surface area contributed by atoms with Gasteiger partial charge in [-0.2, -0.15) is 0 Å². The molecule has 0 bridgehead atoms. The lowest BCUT2D eigenvalue weighted by atomic mass is 9.83. The monoisotopic (exact) mass is 437 g/mol. The lowest BCUT2D eigenvalue weighted by molar-refractivity contribution is -0.0106. The van der Waals surface area contributed by atoms with Crippen molar-refractivity contribution < 1.29 is 9.53 Å². The molecule has 0 saturated carbocycles. The Kier molecular flexibility index (Phi) is 5.85. The highest BCUT2D eigenvalue weighted by Crippen LogP contribution is 2.41. The zero-order valence-corrected chi connectivity index (χ0v) is 19.1. The number of carbonyl (C=O) groups is 1. The second-order valence-corrected chi connectivity index (χ2v) is 9.72. The molecule has 2 fully saturated rings. The highest BCUT2D eigenvalue weighted by Gasteiger charge is 2.40. The first-order valence-electron chi connectivity index (χ1n) is 11.4. The molecule has 1 spiro atoms. The van der Waals surface area contributed by atoms with Crippen LogP contribution in [0.15, 0.2) is 48.5 Å². The Bertz CT molecular complexity index is 920. The molecule has 164 valence electrons. The van der Waals surface area contributed by atoms with Gasteiger partial charge in [0.1, 0.15) is 11.4 Å². The number of aryl methyl sites for hydroxylation is 1. The minimum atomic E-state index is -0.119. The number of ether oxygens (including phenoxy) is 1. The third-order valence-electron chi connectivity index (χ3n) is 7.07. The van der Waals surface area contributed by atoms with Gasteiger partial charge < -0.3 is 14.5 Å². The Balaban J connectivity index is 1.22. The molecule has 0 unspecified atom stereocenters. The molecule has 6 heteroatoms. The van der Waals surface area contributed by atoms with Crippen molar-refractivity contribution in [3.05, 3.63) is 59.7 Å². The Labute approximate surface area is 189 Å². The molecule has 0 N–H and O–H groups in total. The molecule has 2 saturated heterocycles. The Morgan fingerprint density at radius 2 is 1.68 bits per heavy atom. The summed E-state index contributed by atoms with van der Waals surface area (Å²) in [4.78, 5) is 17.2. The van der Waals surface area contributed by atoms with Crippen molar-refractivity contribution >= 4 is 23.5 Å². The molecule has 2 aromatic carbocycles. The molecule has 3 aliphatic heterocycles. The standard InChI is InChI=1S/C25H31N3O2S/c1-31-28-17-15-26(16-18-28)22-7-8-23-21(19-22)9-10-25(30-23)11-13-27(14-12-25)24(29)20-5-3-2-4-6-20/h2-8,19H,9-18H2,1H3. The van der Waals surface area contributed by atoms with E-state index in [1.807, 2.05) is 47.2 Å². The quantitative estimate of drug-likeness (QED) is 0.676. The van der Waals surface area contributed by atoms with E-state index >= 15 is 0 Å². The van der Waals surface area contributed by atoms with E-state index in [1.165, 1.54) is 11.3 Å². The largest absolute Gasteiger partial charge is 0.487 e. The van der Waals surface area contributed by atoms with Gasteiger partial charge >= 0.3 is 0 Å². The summed E-state index contributed by atoms with van der Waals surface area (Å²) in [6, 6.07) is 16.3. The van der Waals surface area contributed by atoms with E-state index in [9.17, 15) is 4.79 Å². The molecule has 0 aliphatic carbocycles. The van der Waals surface area contributed by atoms with Crippen molar-refractivity contribution in [2.45, 2.75) is 31.3 Å². The van der Waals surface area contributed by atoms with E-state index in [1.54, 1.807) is 0 Å². The molecule has 3 heterocycles. The fraction of sp³-hybridized carbons (Fsp3) is 0.480. The van der Waals surface area contributed by atoms with Crippen molar-refractivity contribution in [1.82, 2.24) is 9.21 Å². The molecule has 5 rings (SSSR count). The van der Waals surface area contributed by atoms with Crippen LogP contribution in [-0.4, -0.2) is 66.2 Å². The van der Waals surface area contributed by atoms with Gasteiger partial charge in [0.2, 0.25) is 0 Å². The number of amides is 1. The number of piperazine rings is 1. The van der Waals surface area contributed by atoms with E-state index < -0.39 is 0 Å². The van der Waals surface area contributed by atoms with Crippen molar-refractivity contribution in [3.8, 4) is 5.75 Å². The van der Waals surface area contributed by atoms with Gasteiger partial charge in [-0.3, -0.25) is 4.79 Å². The van der Waals surface area contributed by atoms with Crippen molar-refractivity contribution in [2.75, 3.05) is 50.4 Å². The van der Waals surface area contributed by atoms with E-state index in [2.05, 4.69) is 33.7 Å². The van der Waals surface area contributed by atoms with Gasteiger partial charge in [-0.25, -0.2) is 4.31 Å². The van der Waals surface area contributed by atoms with E-state index in [0.29, 0.717) is 0 Å². The number of piperidine rings is 1. The number of hydrogen-bond donors (Lipinski definition) is 0. The van der Waals surface area contributed by atoms with Crippen LogP contribution in [0.25, 0.3) is 0 Å². The summed E-state index contributed by atoms with van der Waals surface area (Å²) in [6.45, 7) is 5.90. The first-order valence-corrected chi connectivity index (χ1v) is 12.5. The second-order valence-electron chi connectivity index (χ2n) is 8.83. The number of nitrogens with zero attached hydrogens (tertiary/aromatic N) is 3. The molecule has 1 amide bonds. The van der Waals surface area contributed by atoms with Crippen molar-refractivity contribution in [1.29, 1.82) is 0 Å². The molecule has 31 heavy (non-hydrogen) atoms. The maximum atomic E-state index is 12.8. The number of fused-ring (bicyclic) bond motifs is 1. The van der Waals surface area contributed by atoms with Crippen LogP contribution >= 0.6 is 11.9 Å². The molecule has 0 atom stereocenters. The third kappa shape index (κ3) is 4.28. The highest BCUT2D eigenvalue weighted by molar-refractivity contribution is 7.96. The van der Waals surface area contributed by atoms with Crippen molar-refractivity contribution in [2.24, 2.45) is 0 Å². The van der Waals surface area contributed by atoms with Crippen LogP contribution in [0.3, 0.4) is 0 Å². The number of carbonyl (C=O) groups excluding carboxylic acids is 1.